The second-order valence-corrected chi connectivity index (χ2v) is 5.35. The summed E-state index contributed by atoms with van der Waals surface area (Å²) >= 11 is 6.04. The smallest absolute Gasteiger partial charge is 0.224 e. The Bertz CT molecular complexity index is 765. The highest BCUT2D eigenvalue weighted by Crippen LogP contribution is 2.16. The Morgan fingerprint density at radius 3 is 2.73 bits per heavy atom. The fourth-order valence-electron chi connectivity index (χ4n) is 2.21. The van der Waals surface area contributed by atoms with E-state index in [9.17, 15) is 4.79 Å². The number of nitrogens with one attached hydrogen (secondary N) is 1. The predicted molar refractivity (Wildman–Crippen MR) is 85.9 cm³/mol. The van der Waals surface area contributed by atoms with E-state index in [0.29, 0.717) is 23.9 Å². The van der Waals surface area contributed by atoms with Crippen LogP contribution in [0.3, 0.4) is 0 Å². The van der Waals surface area contributed by atoms with Crippen molar-refractivity contribution in [3.8, 4) is 0 Å². The number of aromatic nitrogens is 1. The van der Waals surface area contributed by atoms with E-state index in [0.717, 1.165) is 16.7 Å². The van der Waals surface area contributed by atoms with Crippen molar-refractivity contribution in [3.05, 3.63) is 65.0 Å². The summed E-state index contributed by atoms with van der Waals surface area (Å²) in [4.78, 5) is 16.3. The molecule has 0 radical (unpaired) electrons. The number of hydrogen-bond donors (Lipinski definition) is 1. The van der Waals surface area contributed by atoms with Gasteiger partial charge in [0.15, 0.2) is 11.5 Å². The molecular formula is C17H15ClN2O2. The van der Waals surface area contributed by atoms with Gasteiger partial charge >= 0.3 is 0 Å². The third-order valence-corrected chi connectivity index (χ3v) is 3.68. The number of carbonyl (C=O) groups is 1. The molecule has 0 aliphatic rings. The van der Waals surface area contributed by atoms with Crippen molar-refractivity contribution in [2.45, 2.75) is 12.8 Å². The maximum Gasteiger partial charge on any atom is 0.224 e. The highest BCUT2D eigenvalue weighted by molar-refractivity contribution is 6.31. The predicted octanol–water partition coefficient (Wildman–Crippen LogP) is 3.38. The zero-order chi connectivity index (χ0) is 15.4. The molecule has 0 fully saturated rings. The molecule has 1 heterocycles. The first-order valence-corrected chi connectivity index (χ1v) is 7.45. The second-order valence-electron chi connectivity index (χ2n) is 4.94. The highest BCUT2D eigenvalue weighted by Gasteiger charge is 2.08. The molecule has 22 heavy (non-hydrogen) atoms. The lowest BCUT2D eigenvalue weighted by molar-refractivity contribution is -0.120. The zero-order valence-electron chi connectivity index (χ0n) is 11.9. The SMILES string of the molecule is O=C(Cc1ccccc1Cl)NCCc1nc2ccccc2o1. The van der Waals surface area contributed by atoms with E-state index in [1.54, 1.807) is 6.07 Å². The number of hydrogen-bond acceptors (Lipinski definition) is 3. The minimum Gasteiger partial charge on any atom is -0.441 e. The van der Waals surface area contributed by atoms with E-state index in [1.807, 2.05) is 42.5 Å². The minimum absolute atomic E-state index is 0.0655. The fourth-order valence-corrected chi connectivity index (χ4v) is 2.42. The van der Waals surface area contributed by atoms with Crippen LogP contribution in [0.25, 0.3) is 11.1 Å². The quantitative estimate of drug-likeness (QED) is 0.785. The lowest BCUT2D eigenvalue weighted by Gasteiger charge is -2.05. The lowest BCUT2D eigenvalue weighted by atomic mass is 10.1. The zero-order valence-corrected chi connectivity index (χ0v) is 12.6. The lowest BCUT2D eigenvalue weighted by Crippen LogP contribution is -2.27. The Morgan fingerprint density at radius 1 is 1.14 bits per heavy atom. The van der Waals surface area contributed by atoms with Gasteiger partial charge in [0.05, 0.1) is 6.42 Å². The molecule has 1 N–H and O–H groups in total. The summed E-state index contributed by atoms with van der Waals surface area (Å²) in [6.07, 6.45) is 0.830. The molecule has 0 saturated heterocycles. The van der Waals surface area contributed by atoms with Gasteiger partial charge in [-0.05, 0) is 23.8 Å². The van der Waals surface area contributed by atoms with Crippen molar-refractivity contribution >= 4 is 28.6 Å². The molecule has 3 rings (SSSR count). The first-order valence-electron chi connectivity index (χ1n) is 7.07. The largest absolute Gasteiger partial charge is 0.441 e. The molecule has 1 amide bonds. The van der Waals surface area contributed by atoms with Gasteiger partial charge in [-0.2, -0.15) is 0 Å². The van der Waals surface area contributed by atoms with Crippen LogP contribution in [0.15, 0.2) is 52.9 Å². The van der Waals surface area contributed by atoms with Gasteiger partial charge in [0, 0.05) is 18.0 Å². The maximum absolute atomic E-state index is 11.9. The van der Waals surface area contributed by atoms with Crippen molar-refractivity contribution in [1.29, 1.82) is 0 Å². The van der Waals surface area contributed by atoms with Crippen LogP contribution in [0, 0.1) is 0 Å². The van der Waals surface area contributed by atoms with Crippen LogP contribution in [-0.2, 0) is 17.6 Å². The molecule has 0 bridgehead atoms. The van der Waals surface area contributed by atoms with Gasteiger partial charge in [-0.25, -0.2) is 4.98 Å². The number of nitrogens with zero attached hydrogens (tertiary/aromatic N) is 1. The Morgan fingerprint density at radius 2 is 1.91 bits per heavy atom. The third-order valence-electron chi connectivity index (χ3n) is 3.31. The topological polar surface area (TPSA) is 55.1 Å². The number of fused-ring (bicyclic) bond motifs is 1. The summed E-state index contributed by atoms with van der Waals surface area (Å²) in [5.74, 6) is 0.559. The summed E-state index contributed by atoms with van der Waals surface area (Å²) in [5, 5.41) is 3.46. The van der Waals surface area contributed by atoms with E-state index in [2.05, 4.69) is 10.3 Å². The van der Waals surface area contributed by atoms with Crippen LogP contribution < -0.4 is 5.32 Å². The number of halogens is 1. The molecule has 1 aromatic heterocycles. The number of carbonyl (C=O) groups excluding carboxylic acids is 1. The molecule has 112 valence electrons. The summed E-state index contributed by atoms with van der Waals surface area (Å²) in [5.41, 5.74) is 2.42. The number of rotatable bonds is 5. The van der Waals surface area contributed by atoms with E-state index in [1.165, 1.54) is 0 Å². The standard InChI is InChI=1S/C17H15ClN2O2/c18-13-6-2-1-5-12(13)11-16(21)19-10-9-17-20-14-7-3-4-8-15(14)22-17/h1-8H,9-11H2,(H,19,21). The molecular weight excluding hydrogens is 300 g/mol. The van der Waals surface area contributed by atoms with Crippen molar-refractivity contribution in [3.63, 3.8) is 0 Å². The normalized spacial score (nSPS) is 10.8. The molecule has 0 spiro atoms. The average molecular weight is 315 g/mol. The minimum atomic E-state index is -0.0655. The first kappa shape index (κ1) is 14.6. The van der Waals surface area contributed by atoms with E-state index >= 15 is 0 Å². The van der Waals surface area contributed by atoms with Crippen LogP contribution in [-0.4, -0.2) is 17.4 Å². The van der Waals surface area contributed by atoms with Crippen LogP contribution >= 0.6 is 11.6 Å². The average Bonchev–Trinajstić information content (AvgIpc) is 2.92. The summed E-state index contributed by atoms with van der Waals surface area (Å²) in [6, 6.07) is 14.9. The molecule has 3 aromatic rings. The Balaban J connectivity index is 1.52. The van der Waals surface area contributed by atoms with Crippen LogP contribution in [0.2, 0.25) is 5.02 Å². The Labute approximate surface area is 133 Å². The van der Waals surface area contributed by atoms with Gasteiger partial charge in [-0.15, -0.1) is 0 Å². The van der Waals surface area contributed by atoms with Crippen LogP contribution in [0.5, 0.6) is 0 Å². The van der Waals surface area contributed by atoms with Gasteiger partial charge in [-0.1, -0.05) is 41.9 Å². The Kier molecular flexibility index (Phi) is 4.39. The van der Waals surface area contributed by atoms with Crippen molar-refractivity contribution in [1.82, 2.24) is 10.3 Å². The van der Waals surface area contributed by atoms with Gasteiger partial charge in [0.25, 0.3) is 0 Å². The van der Waals surface area contributed by atoms with Gasteiger partial charge in [0.1, 0.15) is 5.52 Å². The number of amides is 1. The summed E-state index contributed by atoms with van der Waals surface area (Å²) in [7, 11) is 0. The second kappa shape index (κ2) is 6.62. The number of oxazole rings is 1. The monoisotopic (exact) mass is 314 g/mol. The van der Waals surface area contributed by atoms with Crippen molar-refractivity contribution in [2.24, 2.45) is 0 Å². The van der Waals surface area contributed by atoms with E-state index in [-0.39, 0.29) is 12.3 Å². The third kappa shape index (κ3) is 3.46. The molecule has 4 nitrogen and oxygen atoms in total. The van der Waals surface area contributed by atoms with Crippen molar-refractivity contribution < 1.29 is 9.21 Å². The van der Waals surface area contributed by atoms with Gasteiger partial charge in [-0.3, -0.25) is 4.79 Å². The van der Waals surface area contributed by atoms with Gasteiger partial charge < -0.3 is 9.73 Å². The van der Waals surface area contributed by atoms with Crippen LogP contribution in [0.4, 0.5) is 0 Å². The van der Waals surface area contributed by atoms with E-state index in [4.69, 9.17) is 16.0 Å². The molecule has 2 aromatic carbocycles. The maximum atomic E-state index is 11.9. The molecule has 0 aliphatic heterocycles. The fraction of sp³-hybridized carbons (Fsp3) is 0.176. The number of benzene rings is 2. The molecule has 0 aliphatic carbocycles. The Hall–Kier alpha value is -2.33. The van der Waals surface area contributed by atoms with Gasteiger partial charge in [0.2, 0.25) is 5.91 Å². The summed E-state index contributed by atoms with van der Waals surface area (Å²) in [6.45, 7) is 0.482. The molecule has 0 atom stereocenters. The van der Waals surface area contributed by atoms with Crippen LogP contribution in [0.1, 0.15) is 11.5 Å². The highest BCUT2D eigenvalue weighted by atomic mass is 35.5. The number of para-hydroxylation sites is 2. The molecule has 5 heteroatoms. The van der Waals surface area contributed by atoms with E-state index < -0.39 is 0 Å². The summed E-state index contributed by atoms with van der Waals surface area (Å²) < 4.78 is 5.60. The molecule has 0 unspecified atom stereocenters. The first-order chi connectivity index (χ1) is 10.7. The van der Waals surface area contributed by atoms with Crippen molar-refractivity contribution in [2.75, 3.05) is 6.54 Å². The molecule has 0 saturated carbocycles.